The minimum absolute atomic E-state index is 0.0854. The Kier molecular flexibility index (Phi) is 5.50. The molecule has 3 heteroatoms. The van der Waals surface area contributed by atoms with Crippen molar-refractivity contribution in [1.82, 2.24) is 4.90 Å². The van der Waals surface area contributed by atoms with Crippen molar-refractivity contribution in [1.29, 1.82) is 0 Å². The van der Waals surface area contributed by atoms with Crippen molar-refractivity contribution in [3.63, 3.8) is 0 Å². The minimum atomic E-state index is -0.0854. The monoisotopic (exact) mass is 437 g/mol. The van der Waals surface area contributed by atoms with Gasteiger partial charge in [-0.15, -0.1) is 0 Å². The van der Waals surface area contributed by atoms with Crippen molar-refractivity contribution in [2.24, 2.45) is 11.8 Å². The third kappa shape index (κ3) is 3.54. The van der Waals surface area contributed by atoms with Crippen LogP contribution in [0.25, 0.3) is 0 Å². The fourth-order valence-electron chi connectivity index (χ4n) is 5.58. The van der Waals surface area contributed by atoms with Gasteiger partial charge in [0.15, 0.2) is 0 Å². The lowest BCUT2D eigenvalue weighted by atomic mass is 9.68. The molecule has 24 heavy (non-hydrogen) atoms. The maximum absolute atomic E-state index is 10.7. The minimum Gasteiger partial charge on any atom is -0.391 e. The van der Waals surface area contributed by atoms with Gasteiger partial charge < -0.3 is 5.11 Å². The Hall–Kier alpha value is -0.130. The van der Waals surface area contributed by atoms with Gasteiger partial charge in [0.25, 0.3) is 0 Å². The molecular weight excluding hydrogens is 407 g/mol. The molecule has 3 fully saturated rings. The van der Waals surface area contributed by atoms with Crippen LogP contribution in [0.5, 0.6) is 0 Å². The highest BCUT2D eigenvalue weighted by Crippen LogP contribution is 2.43. The summed E-state index contributed by atoms with van der Waals surface area (Å²) in [5.74, 6) is 2.41. The van der Waals surface area contributed by atoms with Crippen LogP contribution in [0.3, 0.4) is 0 Å². The molecule has 2 aliphatic carbocycles. The van der Waals surface area contributed by atoms with E-state index in [1.165, 1.54) is 54.1 Å². The van der Waals surface area contributed by atoms with E-state index in [-0.39, 0.29) is 6.10 Å². The molecule has 0 bridgehead atoms. The van der Waals surface area contributed by atoms with E-state index in [1.807, 2.05) is 0 Å². The summed E-state index contributed by atoms with van der Waals surface area (Å²) in [6.45, 7) is 2.32. The predicted molar refractivity (Wildman–Crippen MR) is 107 cm³/mol. The Balaban J connectivity index is 1.38. The molecule has 0 amide bonds. The van der Waals surface area contributed by atoms with Crippen molar-refractivity contribution in [2.45, 2.75) is 69.4 Å². The number of halogens is 1. The first kappa shape index (κ1) is 17.3. The van der Waals surface area contributed by atoms with E-state index >= 15 is 0 Å². The zero-order chi connectivity index (χ0) is 16.5. The van der Waals surface area contributed by atoms with Crippen molar-refractivity contribution < 1.29 is 5.11 Å². The van der Waals surface area contributed by atoms with E-state index in [9.17, 15) is 5.11 Å². The number of hydrogen-bond donors (Lipinski definition) is 1. The summed E-state index contributed by atoms with van der Waals surface area (Å²) in [5.41, 5.74) is 1.54. The second kappa shape index (κ2) is 7.63. The maximum Gasteiger partial charge on any atom is 0.0698 e. The van der Waals surface area contributed by atoms with Crippen LogP contribution in [0.15, 0.2) is 24.3 Å². The molecule has 0 radical (unpaired) electrons. The van der Waals surface area contributed by atoms with Crippen LogP contribution >= 0.6 is 22.6 Å². The average Bonchev–Trinajstić information content (AvgIpc) is 2.62. The predicted octanol–water partition coefficient (Wildman–Crippen LogP) is 4.80. The molecule has 1 heterocycles. The third-order valence-corrected chi connectivity index (χ3v) is 7.93. The molecule has 4 rings (SSSR count). The number of likely N-dealkylation sites (tertiary alicyclic amines) is 1. The Morgan fingerprint density at radius 3 is 2.29 bits per heavy atom. The number of piperidine rings is 1. The number of rotatable bonds is 2. The molecule has 0 spiro atoms. The van der Waals surface area contributed by atoms with Crippen molar-refractivity contribution in [2.75, 3.05) is 13.1 Å². The number of aliphatic hydroxyl groups excluding tert-OH is 1. The van der Waals surface area contributed by atoms with E-state index in [0.717, 1.165) is 31.3 Å². The molecule has 1 aliphatic heterocycles. The van der Waals surface area contributed by atoms with Crippen LogP contribution in [-0.2, 0) is 0 Å². The van der Waals surface area contributed by atoms with Gasteiger partial charge in [0.1, 0.15) is 0 Å². The fraction of sp³-hybridized carbons (Fsp3) is 0.714. The number of hydrogen-bond acceptors (Lipinski definition) is 2. The number of aliphatic hydroxyl groups is 1. The normalized spacial score (nSPS) is 35.6. The first-order chi connectivity index (χ1) is 11.7. The zero-order valence-electron chi connectivity index (χ0n) is 14.5. The van der Waals surface area contributed by atoms with Gasteiger partial charge >= 0.3 is 0 Å². The van der Waals surface area contributed by atoms with Gasteiger partial charge in [-0.2, -0.15) is 0 Å². The lowest BCUT2D eigenvalue weighted by molar-refractivity contribution is -0.0386. The molecule has 1 saturated heterocycles. The van der Waals surface area contributed by atoms with Crippen LogP contribution < -0.4 is 0 Å². The standard InChI is InChI=1S/C21H30INO/c22-19-8-4-3-7-18(19)15-9-11-23(12-10-15)20-13-16-5-1-2-6-17(16)14-21(20)24/h3-4,7-8,15-17,20-21,24H,1-2,5-6,9-14H2/t16-,17-,20?,21?/m0/s1/i22-2. The first-order valence-corrected chi connectivity index (χ1v) is 11.0. The van der Waals surface area contributed by atoms with Gasteiger partial charge in [-0.05, 0) is 90.7 Å². The highest BCUT2D eigenvalue weighted by molar-refractivity contribution is 14.1. The summed E-state index contributed by atoms with van der Waals surface area (Å²) in [5, 5.41) is 10.7. The summed E-state index contributed by atoms with van der Waals surface area (Å²) >= 11 is 2.48. The molecule has 2 unspecified atom stereocenters. The Morgan fingerprint density at radius 1 is 0.917 bits per heavy atom. The van der Waals surface area contributed by atoms with Crippen molar-refractivity contribution >= 4 is 22.6 Å². The molecule has 1 N–H and O–H groups in total. The molecule has 1 aromatic carbocycles. The molecule has 132 valence electrons. The lowest BCUT2D eigenvalue weighted by Gasteiger charge is -2.47. The van der Waals surface area contributed by atoms with Crippen LogP contribution in [0.2, 0.25) is 0 Å². The first-order valence-electron chi connectivity index (χ1n) is 9.89. The van der Waals surface area contributed by atoms with Gasteiger partial charge in [0, 0.05) is 9.61 Å². The van der Waals surface area contributed by atoms with E-state index in [4.69, 9.17) is 0 Å². The summed E-state index contributed by atoms with van der Waals surface area (Å²) in [4.78, 5) is 2.63. The Bertz CT molecular complexity index is 555. The largest absolute Gasteiger partial charge is 0.391 e. The van der Waals surface area contributed by atoms with Crippen LogP contribution in [0.1, 0.15) is 62.8 Å². The van der Waals surface area contributed by atoms with Crippen molar-refractivity contribution in [3.8, 4) is 0 Å². The number of fused-ring (bicyclic) bond motifs is 1. The fourth-order valence-corrected chi connectivity index (χ4v) is 6.41. The second-order valence-electron chi connectivity index (χ2n) is 8.24. The van der Waals surface area contributed by atoms with E-state index in [0.29, 0.717) is 12.0 Å². The summed E-state index contributed by atoms with van der Waals surface area (Å²) in [6, 6.07) is 9.29. The molecule has 2 nitrogen and oxygen atoms in total. The number of nitrogens with zero attached hydrogens (tertiary/aromatic N) is 1. The highest BCUT2D eigenvalue weighted by atomic mass is 125. The highest BCUT2D eigenvalue weighted by Gasteiger charge is 2.40. The van der Waals surface area contributed by atoms with Gasteiger partial charge in [0.2, 0.25) is 0 Å². The molecule has 4 atom stereocenters. The lowest BCUT2D eigenvalue weighted by Crippen LogP contribution is -2.52. The van der Waals surface area contributed by atoms with Gasteiger partial charge in [-0.1, -0.05) is 43.9 Å². The van der Waals surface area contributed by atoms with E-state index in [2.05, 4.69) is 51.8 Å². The topological polar surface area (TPSA) is 23.5 Å². The maximum atomic E-state index is 10.7. The Labute approximate surface area is 160 Å². The van der Waals surface area contributed by atoms with Crippen molar-refractivity contribution in [3.05, 3.63) is 33.4 Å². The molecule has 3 aliphatic rings. The third-order valence-electron chi connectivity index (χ3n) is 6.94. The Morgan fingerprint density at radius 2 is 1.58 bits per heavy atom. The summed E-state index contributed by atoms with van der Waals surface area (Å²) < 4.78 is 1.41. The zero-order valence-corrected chi connectivity index (χ0v) is 16.7. The molecule has 0 aromatic heterocycles. The van der Waals surface area contributed by atoms with Crippen LogP contribution in [-0.4, -0.2) is 35.2 Å². The smallest absolute Gasteiger partial charge is 0.0698 e. The van der Waals surface area contributed by atoms with Crippen LogP contribution in [0.4, 0.5) is 0 Å². The van der Waals surface area contributed by atoms with E-state index in [1.54, 1.807) is 0 Å². The summed E-state index contributed by atoms with van der Waals surface area (Å²) in [7, 11) is 0. The molecule has 2 saturated carbocycles. The average molecular weight is 437 g/mol. The second-order valence-corrected chi connectivity index (χ2v) is 9.40. The quantitative estimate of drug-likeness (QED) is 0.672. The molecular formula is C21H30INO. The van der Waals surface area contributed by atoms with Gasteiger partial charge in [0.05, 0.1) is 6.10 Å². The summed E-state index contributed by atoms with van der Waals surface area (Å²) in [6.07, 6.45) is 10.3. The van der Waals surface area contributed by atoms with Gasteiger partial charge in [-0.25, -0.2) is 0 Å². The SMILES string of the molecule is OC1C[C@@H]2CCCC[C@H]2CC1N1CCC(c2ccccc2[125I])CC1. The van der Waals surface area contributed by atoms with Gasteiger partial charge in [-0.3, -0.25) is 4.90 Å². The van der Waals surface area contributed by atoms with E-state index < -0.39 is 0 Å². The molecule has 1 aromatic rings. The number of benzene rings is 1. The van der Waals surface area contributed by atoms with Crippen LogP contribution in [0, 0.1) is 15.4 Å².